The molecule has 0 fully saturated rings. The number of phosphoric ester groups is 1. The Morgan fingerprint density at radius 2 is 0.898 bits per heavy atom. The summed E-state index contributed by atoms with van der Waals surface area (Å²) in [6.07, 6.45) is 54.9. The zero-order valence-corrected chi connectivity index (χ0v) is 39.9. The summed E-state index contributed by atoms with van der Waals surface area (Å²) in [5, 5.41) is 0. The van der Waals surface area contributed by atoms with Gasteiger partial charge in [0.25, 0.3) is 0 Å². The number of rotatable bonds is 49. The van der Waals surface area contributed by atoms with Crippen LogP contribution < -0.4 is 5.73 Å². The third-order valence-corrected chi connectivity index (χ3v) is 12.1. The summed E-state index contributed by atoms with van der Waals surface area (Å²) in [4.78, 5) is 22.6. The number of unbranched alkanes of at least 4 members (excludes halogenated alkanes) is 32. The number of ether oxygens (including phenoxy) is 2. The molecule has 2 unspecified atom stereocenters. The predicted molar refractivity (Wildman–Crippen MR) is 252 cm³/mol. The molecule has 0 saturated heterocycles. The van der Waals surface area contributed by atoms with Crippen molar-refractivity contribution in [3.8, 4) is 0 Å². The Labute approximate surface area is 366 Å². The molecule has 0 heterocycles. The van der Waals surface area contributed by atoms with Gasteiger partial charge in [0.15, 0.2) is 0 Å². The Morgan fingerprint density at radius 3 is 1.36 bits per heavy atom. The number of hydrogen-bond donors (Lipinski definition) is 2. The molecule has 0 aliphatic rings. The van der Waals surface area contributed by atoms with Crippen molar-refractivity contribution in [2.24, 2.45) is 5.73 Å². The first-order valence-corrected chi connectivity index (χ1v) is 26.8. The van der Waals surface area contributed by atoms with Crippen LogP contribution >= 0.6 is 7.82 Å². The van der Waals surface area contributed by atoms with E-state index in [-0.39, 0.29) is 32.3 Å². The van der Waals surface area contributed by atoms with Crippen LogP contribution in [0.3, 0.4) is 0 Å². The van der Waals surface area contributed by atoms with Crippen LogP contribution in [0.25, 0.3) is 0 Å². The summed E-state index contributed by atoms with van der Waals surface area (Å²) in [6.45, 7) is 4.95. The van der Waals surface area contributed by atoms with Crippen molar-refractivity contribution < 1.29 is 32.8 Å². The number of nitrogens with two attached hydrogens (primary N) is 1. The van der Waals surface area contributed by atoms with Crippen LogP contribution in [-0.2, 0) is 27.9 Å². The second-order valence-corrected chi connectivity index (χ2v) is 18.5. The van der Waals surface area contributed by atoms with Crippen LogP contribution in [0.5, 0.6) is 0 Å². The first-order chi connectivity index (χ1) is 28.9. The predicted octanol–water partition coefficient (Wildman–Crippen LogP) is 15.6. The molecule has 0 aromatic rings. The average Bonchev–Trinajstić information content (AvgIpc) is 3.23. The van der Waals surface area contributed by atoms with Gasteiger partial charge in [0, 0.05) is 19.6 Å². The quantitative estimate of drug-likeness (QED) is 0.0269. The molecule has 0 radical (unpaired) electrons. The van der Waals surface area contributed by atoms with Gasteiger partial charge in [0.1, 0.15) is 6.10 Å². The van der Waals surface area contributed by atoms with Crippen LogP contribution in [0.15, 0.2) is 24.3 Å². The molecule has 0 bridgehead atoms. The molecular formula is C50H98NO7P. The normalized spacial score (nSPS) is 13.5. The minimum absolute atomic E-state index is 0.0939. The zero-order chi connectivity index (χ0) is 43.0. The number of carbonyl (C=O) groups is 1. The molecule has 9 heteroatoms. The lowest BCUT2D eigenvalue weighted by Gasteiger charge is -2.20. The van der Waals surface area contributed by atoms with Crippen molar-refractivity contribution in [2.75, 3.05) is 33.0 Å². The Balaban J connectivity index is 3.92. The third kappa shape index (κ3) is 47.9. The minimum Gasteiger partial charge on any atom is -0.457 e. The highest BCUT2D eigenvalue weighted by Gasteiger charge is 2.25. The molecule has 0 spiro atoms. The van der Waals surface area contributed by atoms with E-state index in [1.54, 1.807) is 0 Å². The Hall–Kier alpha value is -1.02. The molecule has 0 amide bonds. The van der Waals surface area contributed by atoms with Crippen molar-refractivity contribution in [3.05, 3.63) is 24.3 Å². The first-order valence-electron chi connectivity index (χ1n) is 25.3. The topological polar surface area (TPSA) is 117 Å². The molecule has 350 valence electrons. The maximum atomic E-state index is 12.6. The van der Waals surface area contributed by atoms with E-state index in [9.17, 15) is 14.3 Å². The van der Waals surface area contributed by atoms with Crippen LogP contribution in [0.2, 0.25) is 0 Å². The third-order valence-electron chi connectivity index (χ3n) is 11.1. The van der Waals surface area contributed by atoms with Gasteiger partial charge in [-0.2, -0.15) is 0 Å². The van der Waals surface area contributed by atoms with Gasteiger partial charge in [-0.25, -0.2) is 4.57 Å². The second kappa shape index (κ2) is 48.0. The summed E-state index contributed by atoms with van der Waals surface area (Å²) in [5.41, 5.74) is 5.39. The van der Waals surface area contributed by atoms with Crippen molar-refractivity contribution in [3.63, 3.8) is 0 Å². The summed E-state index contributed by atoms with van der Waals surface area (Å²) in [5.74, 6) is -0.330. The fraction of sp³-hybridized carbons (Fsp3) is 0.900. The molecule has 0 saturated carbocycles. The molecular weight excluding hydrogens is 758 g/mol. The van der Waals surface area contributed by atoms with Gasteiger partial charge in [0.05, 0.1) is 19.8 Å². The monoisotopic (exact) mass is 856 g/mol. The SMILES string of the molecule is CCCCC/C=C\C/C=C\CCCCCCCCCCCC(=O)OC(COCCCCCCCCCCCCCCCCCCCCCCC)COP(=O)(O)OCCN. The van der Waals surface area contributed by atoms with Gasteiger partial charge in [-0.1, -0.05) is 224 Å². The maximum absolute atomic E-state index is 12.6. The van der Waals surface area contributed by atoms with E-state index in [4.69, 9.17) is 24.3 Å². The lowest BCUT2D eigenvalue weighted by Crippen LogP contribution is -2.28. The molecule has 0 rings (SSSR count). The molecule has 0 aliphatic heterocycles. The molecule has 59 heavy (non-hydrogen) atoms. The van der Waals surface area contributed by atoms with Crippen LogP contribution in [-0.4, -0.2) is 49.9 Å². The smallest absolute Gasteiger partial charge is 0.457 e. The highest BCUT2D eigenvalue weighted by Crippen LogP contribution is 2.43. The lowest BCUT2D eigenvalue weighted by molar-refractivity contribution is -0.154. The Bertz CT molecular complexity index is 962. The number of phosphoric acid groups is 1. The van der Waals surface area contributed by atoms with Crippen molar-refractivity contribution in [2.45, 2.75) is 258 Å². The zero-order valence-electron chi connectivity index (χ0n) is 39.0. The van der Waals surface area contributed by atoms with E-state index in [1.165, 1.54) is 193 Å². The maximum Gasteiger partial charge on any atom is 0.472 e. The van der Waals surface area contributed by atoms with Crippen LogP contribution in [0.4, 0.5) is 0 Å². The minimum atomic E-state index is -4.28. The first kappa shape index (κ1) is 58.0. The molecule has 0 aliphatic carbocycles. The lowest BCUT2D eigenvalue weighted by atomic mass is 10.0. The standard InChI is InChI=1S/C50H98NO7P/c1-3-5-7-9-11-13-15-17-19-21-23-24-26-28-30-32-34-36-38-40-42-45-55-47-49(48-57-59(53,54)56-46-44-51)58-50(52)43-41-39-37-35-33-31-29-27-25-22-20-18-16-14-12-10-8-6-4-2/h12,14,18,20,49H,3-11,13,15-17,19,21-48,51H2,1-2H3,(H,53,54)/b14-12-,20-18-. The van der Waals surface area contributed by atoms with Crippen molar-refractivity contribution in [1.29, 1.82) is 0 Å². The van der Waals surface area contributed by atoms with E-state index < -0.39 is 13.9 Å². The number of allylic oxidation sites excluding steroid dienone is 4. The summed E-state index contributed by atoms with van der Waals surface area (Å²) < 4.78 is 33.6. The van der Waals surface area contributed by atoms with Gasteiger partial charge >= 0.3 is 13.8 Å². The van der Waals surface area contributed by atoms with E-state index in [0.29, 0.717) is 13.0 Å². The van der Waals surface area contributed by atoms with E-state index >= 15 is 0 Å². The van der Waals surface area contributed by atoms with Gasteiger partial charge in [-0.15, -0.1) is 0 Å². The molecule has 3 N–H and O–H groups in total. The fourth-order valence-corrected chi connectivity index (χ4v) is 8.15. The fourth-order valence-electron chi connectivity index (χ4n) is 7.38. The number of carbonyl (C=O) groups excluding carboxylic acids is 1. The molecule has 0 aromatic heterocycles. The van der Waals surface area contributed by atoms with E-state index in [2.05, 4.69) is 38.2 Å². The van der Waals surface area contributed by atoms with Gasteiger partial charge < -0.3 is 20.1 Å². The largest absolute Gasteiger partial charge is 0.472 e. The van der Waals surface area contributed by atoms with Gasteiger partial charge in [-0.05, 0) is 44.9 Å². The summed E-state index contributed by atoms with van der Waals surface area (Å²) >= 11 is 0. The Kier molecular flexibility index (Phi) is 47.2. The molecule has 0 aromatic carbocycles. The highest BCUT2D eigenvalue weighted by molar-refractivity contribution is 7.47. The molecule has 8 nitrogen and oxygen atoms in total. The number of esters is 1. The summed E-state index contributed by atoms with van der Waals surface area (Å²) in [7, 11) is -4.28. The van der Waals surface area contributed by atoms with E-state index in [0.717, 1.165) is 38.5 Å². The Morgan fingerprint density at radius 1 is 0.508 bits per heavy atom. The average molecular weight is 856 g/mol. The van der Waals surface area contributed by atoms with Gasteiger partial charge in [-0.3, -0.25) is 13.8 Å². The van der Waals surface area contributed by atoms with Crippen molar-refractivity contribution >= 4 is 13.8 Å². The molecule has 2 atom stereocenters. The summed E-state index contributed by atoms with van der Waals surface area (Å²) in [6, 6.07) is 0. The van der Waals surface area contributed by atoms with E-state index in [1.807, 2.05) is 0 Å². The number of hydrogen-bond acceptors (Lipinski definition) is 7. The van der Waals surface area contributed by atoms with Crippen molar-refractivity contribution in [1.82, 2.24) is 0 Å². The second-order valence-electron chi connectivity index (χ2n) is 17.0. The van der Waals surface area contributed by atoms with Crippen LogP contribution in [0, 0.1) is 0 Å². The highest BCUT2D eigenvalue weighted by atomic mass is 31.2. The van der Waals surface area contributed by atoms with Gasteiger partial charge in [0.2, 0.25) is 0 Å². The van der Waals surface area contributed by atoms with Crippen LogP contribution in [0.1, 0.15) is 251 Å².